The largest absolute Gasteiger partial charge is 0.469 e. The molecule has 1 unspecified atom stereocenters. The van der Waals surface area contributed by atoms with E-state index in [9.17, 15) is 17.6 Å². The molecule has 1 aliphatic rings. The highest BCUT2D eigenvalue weighted by Crippen LogP contribution is 2.29. The Labute approximate surface area is 116 Å². The molecule has 1 fully saturated rings. The molecule has 0 aromatic heterocycles. The normalized spacial score (nSPS) is 20.0. The number of carbonyl (C=O) groups excluding carboxylic acids is 1. The summed E-state index contributed by atoms with van der Waals surface area (Å²) in [7, 11) is -2.80. The molecule has 1 aromatic rings. The highest BCUT2D eigenvalue weighted by atomic mass is 32.2. The molecule has 6 nitrogen and oxygen atoms in total. The van der Waals surface area contributed by atoms with E-state index >= 15 is 0 Å². The molecule has 0 radical (unpaired) electrons. The molecule has 110 valence electrons. The number of nitrogens with two attached hydrogens (primary N) is 1. The van der Waals surface area contributed by atoms with Gasteiger partial charge in [-0.25, -0.2) is 12.8 Å². The summed E-state index contributed by atoms with van der Waals surface area (Å²) in [5.74, 6) is -1.89. The van der Waals surface area contributed by atoms with Crippen molar-refractivity contribution < 1.29 is 22.3 Å². The molecular weight excluding hydrogens is 287 g/mol. The van der Waals surface area contributed by atoms with Gasteiger partial charge in [0.1, 0.15) is 10.7 Å². The Balaban J connectivity index is 2.31. The molecule has 1 saturated heterocycles. The topological polar surface area (TPSA) is 89.7 Å². The standard InChI is InChI=1S/C12H15FN2O4S/c1-19-12(16)8-5-6-15(7-8)20(17,18)11-9(13)3-2-4-10(11)14/h2-4,8H,5-7,14H2,1H3. The van der Waals surface area contributed by atoms with E-state index in [4.69, 9.17) is 5.73 Å². The number of hydrogen-bond donors (Lipinski definition) is 1. The number of rotatable bonds is 3. The highest BCUT2D eigenvalue weighted by molar-refractivity contribution is 7.89. The minimum absolute atomic E-state index is 0.0250. The number of nitrogens with zero attached hydrogens (tertiary/aromatic N) is 1. The van der Waals surface area contributed by atoms with Crippen LogP contribution in [-0.2, 0) is 19.6 Å². The van der Waals surface area contributed by atoms with Crippen molar-refractivity contribution in [1.29, 1.82) is 0 Å². The summed E-state index contributed by atoms with van der Waals surface area (Å²) in [6, 6.07) is 3.70. The van der Waals surface area contributed by atoms with Crippen molar-refractivity contribution in [3.05, 3.63) is 24.0 Å². The summed E-state index contributed by atoms with van der Waals surface area (Å²) in [5, 5.41) is 0. The predicted molar refractivity (Wildman–Crippen MR) is 69.7 cm³/mol. The predicted octanol–water partition coefficient (Wildman–Crippen LogP) is 0.591. The quantitative estimate of drug-likeness (QED) is 0.652. The second-order valence-electron chi connectivity index (χ2n) is 4.53. The lowest BCUT2D eigenvalue weighted by atomic mass is 10.1. The SMILES string of the molecule is COC(=O)C1CCN(S(=O)(=O)c2c(N)cccc2F)C1. The molecule has 1 aromatic carbocycles. The van der Waals surface area contributed by atoms with E-state index in [0.717, 1.165) is 10.4 Å². The van der Waals surface area contributed by atoms with Crippen LogP contribution in [0.5, 0.6) is 0 Å². The van der Waals surface area contributed by atoms with Crippen LogP contribution >= 0.6 is 0 Å². The third-order valence-electron chi connectivity index (χ3n) is 3.28. The maximum absolute atomic E-state index is 13.7. The summed E-state index contributed by atoms with van der Waals surface area (Å²) in [5.41, 5.74) is 5.41. The fraction of sp³-hybridized carbons (Fsp3) is 0.417. The summed E-state index contributed by atoms with van der Waals surface area (Å²) in [6.07, 6.45) is 0.347. The molecule has 8 heteroatoms. The maximum atomic E-state index is 13.7. The van der Waals surface area contributed by atoms with Crippen molar-refractivity contribution >= 4 is 21.7 Å². The average Bonchev–Trinajstić information content (AvgIpc) is 2.87. The molecule has 0 aliphatic carbocycles. The molecule has 1 atom stereocenters. The van der Waals surface area contributed by atoms with Crippen LogP contribution in [0.25, 0.3) is 0 Å². The zero-order valence-corrected chi connectivity index (χ0v) is 11.7. The number of nitrogen functional groups attached to an aromatic ring is 1. The van der Waals surface area contributed by atoms with Gasteiger partial charge >= 0.3 is 5.97 Å². The van der Waals surface area contributed by atoms with E-state index in [2.05, 4.69) is 4.74 Å². The van der Waals surface area contributed by atoms with E-state index in [-0.39, 0.29) is 18.8 Å². The van der Waals surface area contributed by atoms with Crippen LogP contribution in [0.4, 0.5) is 10.1 Å². The number of hydrogen-bond acceptors (Lipinski definition) is 5. The van der Waals surface area contributed by atoms with Crippen molar-refractivity contribution in [2.24, 2.45) is 5.92 Å². The number of ether oxygens (including phenoxy) is 1. The zero-order chi connectivity index (χ0) is 14.9. The molecule has 0 bridgehead atoms. The second-order valence-corrected chi connectivity index (χ2v) is 6.40. The minimum Gasteiger partial charge on any atom is -0.469 e. The lowest BCUT2D eigenvalue weighted by Gasteiger charge is -2.17. The summed E-state index contributed by atoms with van der Waals surface area (Å²) >= 11 is 0. The van der Waals surface area contributed by atoms with Crippen molar-refractivity contribution in [2.75, 3.05) is 25.9 Å². The lowest BCUT2D eigenvalue weighted by molar-refractivity contribution is -0.144. The van der Waals surface area contributed by atoms with Crippen molar-refractivity contribution in [2.45, 2.75) is 11.3 Å². The number of anilines is 1. The van der Waals surface area contributed by atoms with E-state index in [0.29, 0.717) is 6.42 Å². The molecule has 1 heterocycles. The minimum atomic E-state index is -4.05. The third-order valence-corrected chi connectivity index (χ3v) is 5.24. The number of halogens is 1. The van der Waals surface area contributed by atoms with Gasteiger partial charge in [-0.1, -0.05) is 6.07 Å². The van der Waals surface area contributed by atoms with Gasteiger partial charge in [0.25, 0.3) is 0 Å². The summed E-state index contributed by atoms with van der Waals surface area (Å²) < 4.78 is 44.2. The Morgan fingerprint density at radius 3 is 2.80 bits per heavy atom. The van der Waals surface area contributed by atoms with Crippen LogP contribution in [0, 0.1) is 11.7 Å². The van der Waals surface area contributed by atoms with Crippen LogP contribution in [0.1, 0.15) is 6.42 Å². The summed E-state index contributed by atoms with van der Waals surface area (Å²) in [4.78, 5) is 10.9. The first-order valence-corrected chi connectivity index (χ1v) is 7.44. The average molecular weight is 302 g/mol. The van der Waals surface area contributed by atoms with Crippen LogP contribution in [0.15, 0.2) is 23.1 Å². The zero-order valence-electron chi connectivity index (χ0n) is 10.9. The molecule has 20 heavy (non-hydrogen) atoms. The van der Waals surface area contributed by atoms with Crippen molar-refractivity contribution in [1.82, 2.24) is 4.31 Å². The molecule has 0 saturated carbocycles. The molecule has 0 spiro atoms. The monoisotopic (exact) mass is 302 g/mol. The molecular formula is C12H15FN2O4S. The number of esters is 1. The van der Waals surface area contributed by atoms with Gasteiger partial charge in [0.05, 0.1) is 18.7 Å². The number of methoxy groups -OCH3 is 1. The van der Waals surface area contributed by atoms with Gasteiger partial charge in [0.2, 0.25) is 10.0 Å². The molecule has 2 N–H and O–H groups in total. The Hall–Kier alpha value is -1.67. The van der Waals surface area contributed by atoms with Crippen LogP contribution < -0.4 is 5.73 Å². The first-order chi connectivity index (χ1) is 9.37. The Morgan fingerprint density at radius 1 is 1.50 bits per heavy atom. The van der Waals surface area contributed by atoms with E-state index in [1.165, 1.54) is 19.2 Å². The van der Waals surface area contributed by atoms with Gasteiger partial charge in [0, 0.05) is 13.1 Å². The van der Waals surface area contributed by atoms with E-state index in [1.807, 2.05) is 0 Å². The number of carbonyl (C=O) groups is 1. The van der Waals surface area contributed by atoms with Gasteiger partial charge in [-0.15, -0.1) is 0 Å². The van der Waals surface area contributed by atoms with Crippen LogP contribution in [0.2, 0.25) is 0 Å². The van der Waals surface area contributed by atoms with Gasteiger partial charge in [0.15, 0.2) is 0 Å². The second kappa shape index (κ2) is 5.37. The first-order valence-electron chi connectivity index (χ1n) is 6.00. The Bertz CT molecular complexity index is 612. The maximum Gasteiger partial charge on any atom is 0.310 e. The van der Waals surface area contributed by atoms with Gasteiger partial charge in [-0.3, -0.25) is 4.79 Å². The van der Waals surface area contributed by atoms with Crippen LogP contribution in [0.3, 0.4) is 0 Å². The smallest absolute Gasteiger partial charge is 0.310 e. The number of sulfonamides is 1. The van der Waals surface area contributed by atoms with Crippen molar-refractivity contribution in [3.63, 3.8) is 0 Å². The first kappa shape index (κ1) is 14.7. The highest BCUT2D eigenvalue weighted by Gasteiger charge is 2.38. The third kappa shape index (κ3) is 2.48. The van der Waals surface area contributed by atoms with Gasteiger partial charge < -0.3 is 10.5 Å². The Morgan fingerprint density at radius 2 is 2.20 bits per heavy atom. The van der Waals surface area contributed by atoms with Gasteiger partial charge in [-0.05, 0) is 18.6 Å². The molecule has 0 amide bonds. The number of benzene rings is 1. The van der Waals surface area contributed by atoms with Crippen LogP contribution in [-0.4, -0.2) is 38.9 Å². The van der Waals surface area contributed by atoms with Crippen molar-refractivity contribution in [3.8, 4) is 0 Å². The Kier molecular flexibility index (Phi) is 3.96. The van der Waals surface area contributed by atoms with E-state index in [1.54, 1.807) is 0 Å². The molecule has 2 rings (SSSR count). The van der Waals surface area contributed by atoms with E-state index < -0.39 is 32.6 Å². The molecule has 1 aliphatic heterocycles. The fourth-order valence-corrected chi connectivity index (χ4v) is 3.89. The fourth-order valence-electron chi connectivity index (χ4n) is 2.23. The summed E-state index contributed by atoms with van der Waals surface area (Å²) in [6.45, 7) is 0.110. The van der Waals surface area contributed by atoms with Gasteiger partial charge in [-0.2, -0.15) is 4.31 Å². The lowest BCUT2D eigenvalue weighted by Crippen LogP contribution is -2.31.